The molecule has 1 heterocycles. The second-order valence-corrected chi connectivity index (χ2v) is 5.98. The van der Waals surface area contributed by atoms with Gasteiger partial charge in [0.05, 0.1) is 5.56 Å². The zero-order valence-corrected chi connectivity index (χ0v) is 14.0. The molecule has 0 aliphatic carbocycles. The summed E-state index contributed by atoms with van der Waals surface area (Å²) in [6.07, 6.45) is -4.56. The maximum atomic E-state index is 12.8. The number of anilines is 1. The minimum absolute atomic E-state index is 0.204. The van der Waals surface area contributed by atoms with Crippen molar-refractivity contribution in [3.63, 3.8) is 0 Å². The standard InChI is InChI=1S/C17H21F3N2O3/c1-13(23)11-16(24)25-10-9-21-5-7-22(8-6-21)15-4-2-3-14(12-15)17(18,19)20/h2-4,12H,5-11H2,1H3. The number of Topliss-reactive ketones (excluding diaryl/α,β-unsaturated/α-hetero) is 1. The van der Waals surface area contributed by atoms with Crippen LogP contribution < -0.4 is 4.90 Å². The number of alkyl halides is 3. The maximum Gasteiger partial charge on any atom is 0.416 e. The predicted octanol–water partition coefficient (Wildman–Crippen LogP) is 2.35. The van der Waals surface area contributed by atoms with Crippen molar-refractivity contribution in [3.05, 3.63) is 29.8 Å². The Balaban J connectivity index is 1.78. The molecule has 5 nitrogen and oxygen atoms in total. The first-order valence-electron chi connectivity index (χ1n) is 8.05. The summed E-state index contributed by atoms with van der Waals surface area (Å²) < 4.78 is 43.4. The maximum absolute atomic E-state index is 12.8. The van der Waals surface area contributed by atoms with E-state index in [4.69, 9.17) is 4.74 Å². The molecule has 1 aromatic rings. The average Bonchev–Trinajstić information content (AvgIpc) is 2.54. The zero-order chi connectivity index (χ0) is 18.4. The first-order chi connectivity index (χ1) is 11.8. The van der Waals surface area contributed by atoms with Gasteiger partial charge in [-0.05, 0) is 25.1 Å². The van der Waals surface area contributed by atoms with E-state index in [1.54, 1.807) is 6.07 Å². The van der Waals surface area contributed by atoms with E-state index < -0.39 is 17.7 Å². The SMILES string of the molecule is CC(=O)CC(=O)OCCN1CCN(c2cccc(C(F)(F)F)c2)CC1. The first kappa shape index (κ1) is 19.2. The molecule has 138 valence electrons. The van der Waals surface area contributed by atoms with E-state index in [2.05, 4.69) is 4.90 Å². The Morgan fingerprint density at radius 1 is 1.16 bits per heavy atom. The molecule has 8 heteroatoms. The zero-order valence-electron chi connectivity index (χ0n) is 14.0. The van der Waals surface area contributed by atoms with Crippen LogP contribution in [0.3, 0.4) is 0 Å². The highest BCUT2D eigenvalue weighted by Gasteiger charge is 2.31. The Kier molecular flexibility index (Phi) is 6.41. The number of ketones is 1. The molecule has 0 spiro atoms. The number of nitrogens with zero attached hydrogens (tertiary/aromatic N) is 2. The van der Waals surface area contributed by atoms with Crippen LogP contribution in [0.15, 0.2) is 24.3 Å². The molecule has 0 amide bonds. The van der Waals surface area contributed by atoms with Crippen LogP contribution in [0.5, 0.6) is 0 Å². The largest absolute Gasteiger partial charge is 0.464 e. The Hall–Kier alpha value is -2.09. The number of esters is 1. The molecular formula is C17H21F3N2O3. The van der Waals surface area contributed by atoms with Crippen molar-refractivity contribution in [2.75, 3.05) is 44.2 Å². The summed E-state index contributed by atoms with van der Waals surface area (Å²) >= 11 is 0. The van der Waals surface area contributed by atoms with E-state index in [1.807, 2.05) is 4.90 Å². The molecule has 0 atom stereocenters. The minimum atomic E-state index is -4.35. The Labute approximate surface area is 144 Å². The molecule has 0 radical (unpaired) electrons. The molecule has 25 heavy (non-hydrogen) atoms. The molecule has 0 unspecified atom stereocenters. The highest BCUT2D eigenvalue weighted by Crippen LogP contribution is 2.31. The lowest BCUT2D eigenvalue weighted by atomic mass is 10.1. The van der Waals surface area contributed by atoms with Gasteiger partial charge in [0.25, 0.3) is 0 Å². The van der Waals surface area contributed by atoms with Crippen molar-refractivity contribution in [2.45, 2.75) is 19.5 Å². The van der Waals surface area contributed by atoms with Gasteiger partial charge in [-0.25, -0.2) is 0 Å². The molecule has 1 aromatic carbocycles. The number of hydrogen-bond acceptors (Lipinski definition) is 5. The molecule has 1 fully saturated rings. The third-order valence-electron chi connectivity index (χ3n) is 3.97. The third-order valence-corrected chi connectivity index (χ3v) is 3.97. The van der Waals surface area contributed by atoms with Crippen LogP contribution in [0.4, 0.5) is 18.9 Å². The molecule has 1 aliphatic rings. The normalized spacial score (nSPS) is 15.9. The van der Waals surface area contributed by atoms with Crippen LogP contribution >= 0.6 is 0 Å². The highest BCUT2D eigenvalue weighted by molar-refractivity contribution is 5.94. The number of piperazine rings is 1. The average molecular weight is 358 g/mol. The molecule has 1 saturated heterocycles. The number of ether oxygens (including phenoxy) is 1. The van der Waals surface area contributed by atoms with Crippen molar-refractivity contribution < 1.29 is 27.5 Å². The monoisotopic (exact) mass is 358 g/mol. The smallest absolute Gasteiger partial charge is 0.416 e. The summed E-state index contributed by atoms with van der Waals surface area (Å²) in [5.41, 5.74) is -0.0906. The van der Waals surface area contributed by atoms with Crippen LogP contribution in [0, 0.1) is 0 Å². The van der Waals surface area contributed by atoms with Gasteiger partial charge < -0.3 is 9.64 Å². The number of halogens is 3. The van der Waals surface area contributed by atoms with Gasteiger partial charge in [-0.15, -0.1) is 0 Å². The van der Waals surface area contributed by atoms with Gasteiger partial charge in [-0.3, -0.25) is 14.5 Å². The van der Waals surface area contributed by atoms with Gasteiger partial charge in [-0.1, -0.05) is 6.07 Å². The molecule has 2 rings (SSSR count). The Morgan fingerprint density at radius 3 is 2.44 bits per heavy atom. The van der Waals surface area contributed by atoms with Gasteiger partial charge >= 0.3 is 12.1 Å². The van der Waals surface area contributed by atoms with Crippen LogP contribution in [-0.2, 0) is 20.5 Å². The van der Waals surface area contributed by atoms with Gasteiger partial charge in [-0.2, -0.15) is 13.2 Å². The topological polar surface area (TPSA) is 49.9 Å². The van der Waals surface area contributed by atoms with Crippen LogP contribution in [0.25, 0.3) is 0 Å². The van der Waals surface area contributed by atoms with Crippen molar-refractivity contribution in [1.82, 2.24) is 4.90 Å². The van der Waals surface area contributed by atoms with E-state index >= 15 is 0 Å². The fraction of sp³-hybridized carbons (Fsp3) is 0.529. The van der Waals surface area contributed by atoms with Crippen molar-refractivity contribution in [1.29, 1.82) is 0 Å². The quantitative estimate of drug-likeness (QED) is 0.577. The minimum Gasteiger partial charge on any atom is -0.464 e. The van der Waals surface area contributed by atoms with Gasteiger partial charge in [0, 0.05) is 38.4 Å². The van der Waals surface area contributed by atoms with Gasteiger partial charge in [0.1, 0.15) is 18.8 Å². The van der Waals surface area contributed by atoms with Crippen LogP contribution in [0.1, 0.15) is 18.9 Å². The van der Waals surface area contributed by atoms with Crippen LogP contribution in [-0.4, -0.2) is 56.0 Å². The summed E-state index contributed by atoms with van der Waals surface area (Å²) in [6, 6.07) is 5.32. The lowest BCUT2D eigenvalue weighted by Crippen LogP contribution is -2.47. The van der Waals surface area contributed by atoms with Gasteiger partial charge in [0.15, 0.2) is 0 Å². The fourth-order valence-electron chi connectivity index (χ4n) is 2.65. The number of rotatable bonds is 6. The van der Waals surface area contributed by atoms with Crippen molar-refractivity contribution >= 4 is 17.4 Å². The van der Waals surface area contributed by atoms with E-state index in [0.29, 0.717) is 38.4 Å². The van der Waals surface area contributed by atoms with Crippen LogP contribution in [0.2, 0.25) is 0 Å². The number of hydrogen-bond donors (Lipinski definition) is 0. The van der Waals surface area contributed by atoms with E-state index in [0.717, 1.165) is 6.07 Å². The third kappa shape index (κ3) is 6.04. The summed E-state index contributed by atoms with van der Waals surface area (Å²) in [5.74, 6) is -0.769. The lowest BCUT2D eigenvalue weighted by molar-refractivity contribution is -0.146. The molecule has 0 saturated carbocycles. The Morgan fingerprint density at radius 2 is 1.84 bits per heavy atom. The predicted molar refractivity (Wildman–Crippen MR) is 86.4 cm³/mol. The summed E-state index contributed by atoms with van der Waals surface area (Å²) in [7, 11) is 0. The van der Waals surface area contributed by atoms with Crippen molar-refractivity contribution in [2.24, 2.45) is 0 Å². The highest BCUT2D eigenvalue weighted by atomic mass is 19.4. The van der Waals surface area contributed by atoms with E-state index in [9.17, 15) is 22.8 Å². The molecule has 0 bridgehead atoms. The molecule has 1 aliphatic heterocycles. The first-order valence-corrected chi connectivity index (χ1v) is 8.05. The Bertz CT molecular complexity index is 611. The summed E-state index contributed by atoms with van der Waals surface area (Å²) in [6.45, 7) is 4.61. The van der Waals surface area contributed by atoms with Crippen molar-refractivity contribution in [3.8, 4) is 0 Å². The molecule has 0 aromatic heterocycles. The van der Waals surface area contributed by atoms with E-state index in [1.165, 1.54) is 19.1 Å². The van der Waals surface area contributed by atoms with E-state index in [-0.39, 0.29) is 18.8 Å². The number of benzene rings is 1. The number of carbonyl (C=O) groups excluding carboxylic acids is 2. The summed E-state index contributed by atoms with van der Waals surface area (Å²) in [4.78, 5) is 26.1. The fourth-order valence-corrected chi connectivity index (χ4v) is 2.65. The van der Waals surface area contributed by atoms with Gasteiger partial charge in [0.2, 0.25) is 0 Å². The lowest BCUT2D eigenvalue weighted by Gasteiger charge is -2.36. The summed E-state index contributed by atoms with van der Waals surface area (Å²) in [5, 5.41) is 0. The number of carbonyl (C=O) groups is 2. The molecule has 0 N–H and O–H groups in total. The second-order valence-electron chi connectivity index (χ2n) is 5.98. The molecular weight excluding hydrogens is 337 g/mol. The second kappa shape index (κ2) is 8.33.